The summed E-state index contributed by atoms with van der Waals surface area (Å²) in [6.45, 7) is 20.3. The summed E-state index contributed by atoms with van der Waals surface area (Å²) < 4.78 is 6.44. The topological polar surface area (TPSA) is 124 Å². The highest BCUT2D eigenvalue weighted by atomic mass is 16.5. The van der Waals surface area contributed by atoms with Crippen LogP contribution in [0.4, 0.5) is 0 Å². The number of aliphatic hydroxyl groups excluding tert-OH is 4. The van der Waals surface area contributed by atoms with Crippen molar-refractivity contribution in [3.05, 3.63) is 34.9 Å². The van der Waals surface area contributed by atoms with E-state index in [0.717, 1.165) is 25.7 Å². The van der Waals surface area contributed by atoms with Gasteiger partial charge in [-0.25, -0.2) is 4.79 Å². The Morgan fingerprint density at radius 3 is 2.10 bits per heavy atom. The Morgan fingerprint density at radius 2 is 1.52 bits per heavy atom. The molecule has 4 N–H and O–H groups in total. The minimum absolute atomic E-state index is 0.00854. The number of carbonyl (C=O) groups excluding carboxylic acids is 2. The van der Waals surface area contributed by atoms with Gasteiger partial charge in [-0.05, 0) is 118 Å². The lowest BCUT2D eigenvalue weighted by Gasteiger charge is -2.72. The lowest BCUT2D eigenvalue weighted by atomic mass is 9.32. The van der Waals surface area contributed by atoms with E-state index in [-0.39, 0.29) is 53.5 Å². The van der Waals surface area contributed by atoms with Crippen molar-refractivity contribution in [2.75, 3.05) is 13.2 Å². The van der Waals surface area contributed by atoms with Crippen molar-refractivity contribution in [1.29, 1.82) is 0 Å². The van der Waals surface area contributed by atoms with Crippen LogP contribution in [0.3, 0.4) is 0 Å². The van der Waals surface area contributed by atoms with Crippen molar-refractivity contribution < 1.29 is 34.8 Å². The SMILES string of the molecule is C/C=C(/C)C(=O)C[C@H]1[C@H](OC(=O)/C(C)=C\C)[C@@]2(CO)C(CC1(C)C)C1=CCC3[C@@]4(C)CC[C@H](O)[C@](C)(CO)C4CC[C@@]3(C)[C@]1(C)C[C@H]2O. The number of rotatable bonds is 7. The predicted molar refractivity (Wildman–Crippen MR) is 188 cm³/mol. The molecule has 7 nitrogen and oxygen atoms in total. The van der Waals surface area contributed by atoms with Crippen LogP contribution in [0.1, 0.15) is 121 Å². The molecule has 4 fully saturated rings. The molecule has 0 heterocycles. The van der Waals surface area contributed by atoms with Gasteiger partial charge in [-0.3, -0.25) is 4.79 Å². The van der Waals surface area contributed by atoms with Crippen LogP contribution in [0.15, 0.2) is 34.9 Å². The summed E-state index contributed by atoms with van der Waals surface area (Å²) in [7, 11) is 0. The molecule has 0 aromatic rings. The summed E-state index contributed by atoms with van der Waals surface area (Å²) in [5.74, 6) is -0.653. The van der Waals surface area contributed by atoms with Gasteiger partial charge in [0.25, 0.3) is 0 Å². The second kappa shape index (κ2) is 12.5. The molecule has 7 heteroatoms. The minimum Gasteiger partial charge on any atom is -0.458 e. The van der Waals surface area contributed by atoms with E-state index in [2.05, 4.69) is 47.6 Å². The van der Waals surface area contributed by atoms with Crippen molar-refractivity contribution in [1.82, 2.24) is 0 Å². The Hall–Kier alpha value is -1.80. The first-order valence-corrected chi connectivity index (χ1v) is 18.6. The lowest BCUT2D eigenvalue weighted by molar-refractivity contribution is -0.254. The van der Waals surface area contributed by atoms with E-state index < -0.39 is 46.4 Å². The number of Topliss-reactive ketones (excluding diaryl/α,β-unsaturated/α-hetero) is 1. The molecule has 12 atom stereocenters. The second-order valence-corrected chi connectivity index (χ2v) is 18.3. The number of hydrogen-bond acceptors (Lipinski definition) is 7. The third-order valence-corrected chi connectivity index (χ3v) is 16.1. The van der Waals surface area contributed by atoms with Crippen LogP contribution in [0.2, 0.25) is 0 Å². The number of carbonyl (C=O) groups is 2. The molecule has 4 saturated carbocycles. The standard InChI is InChI=1S/C41H64O7/c1-11-24(3)29(44)19-27-34(48-35(47)25(4)12-2)41(23-43)28(20-36(27,5)6)26-13-14-31-37(7)17-16-32(45)38(8,22-42)30(37)15-18-39(31,9)40(26,10)21-33(41)46/h11-13,27-28,30-34,42-43,45-46H,14-23H2,1-10H3/b24-11-,25-12-/t27-,28?,30?,31?,32-,33+,34-,37-,38+,39+,40+,41-/m0/s1. The molecule has 0 aromatic heterocycles. The smallest absolute Gasteiger partial charge is 0.333 e. The van der Waals surface area contributed by atoms with Crippen molar-refractivity contribution in [3.63, 3.8) is 0 Å². The van der Waals surface area contributed by atoms with E-state index in [1.165, 1.54) is 5.57 Å². The van der Waals surface area contributed by atoms with Gasteiger partial charge in [-0.2, -0.15) is 0 Å². The maximum absolute atomic E-state index is 13.6. The fourth-order valence-electron chi connectivity index (χ4n) is 12.4. The first-order chi connectivity index (χ1) is 22.3. The molecule has 0 bridgehead atoms. The van der Waals surface area contributed by atoms with Crippen LogP contribution in [-0.4, -0.2) is 63.7 Å². The maximum Gasteiger partial charge on any atom is 0.333 e. The summed E-state index contributed by atoms with van der Waals surface area (Å²) in [5, 5.41) is 45.9. The summed E-state index contributed by atoms with van der Waals surface area (Å²) in [6.07, 6.45) is 9.07. The Bertz CT molecular complexity index is 1390. The van der Waals surface area contributed by atoms with Gasteiger partial charge >= 0.3 is 5.97 Å². The van der Waals surface area contributed by atoms with Gasteiger partial charge in [0.05, 0.1) is 30.8 Å². The van der Waals surface area contributed by atoms with Crippen LogP contribution in [-0.2, 0) is 14.3 Å². The predicted octanol–water partition coefficient (Wildman–Crippen LogP) is 6.72. The Balaban J connectivity index is 1.65. The van der Waals surface area contributed by atoms with Gasteiger partial charge in [0.15, 0.2) is 5.78 Å². The van der Waals surface area contributed by atoms with Crippen molar-refractivity contribution in [2.45, 2.75) is 139 Å². The highest BCUT2D eigenvalue weighted by Crippen LogP contribution is 2.76. The van der Waals surface area contributed by atoms with Crippen LogP contribution >= 0.6 is 0 Å². The number of esters is 1. The molecule has 3 unspecified atom stereocenters. The van der Waals surface area contributed by atoms with Gasteiger partial charge < -0.3 is 25.2 Å². The van der Waals surface area contributed by atoms with Crippen molar-refractivity contribution in [2.24, 2.45) is 56.2 Å². The Morgan fingerprint density at radius 1 is 0.875 bits per heavy atom. The van der Waals surface area contributed by atoms with Gasteiger partial charge in [-0.15, -0.1) is 0 Å². The van der Waals surface area contributed by atoms with E-state index in [1.54, 1.807) is 19.9 Å². The number of hydrogen-bond donors (Lipinski definition) is 4. The van der Waals surface area contributed by atoms with Gasteiger partial charge in [0.2, 0.25) is 0 Å². The molecule has 5 aliphatic rings. The minimum atomic E-state index is -1.16. The van der Waals surface area contributed by atoms with E-state index in [0.29, 0.717) is 36.3 Å². The Labute approximate surface area is 289 Å². The van der Waals surface area contributed by atoms with Crippen molar-refractivity contribution in [3.8, 4) is 0 Å². The number of allylic oxidation sites excluding steroid dienone is 5. The largest absolute Gasteiger partial charge is 0.458 e. The molecule has 48 heavy (non-hydrogen) atoms. The van der Waals surface area contributed by atoms with Crippen LogP contribution in [0.5, 0.6) is 0 Å². The fraction of sp³-hybridized carbons (Fsp3) is 0.805. The molecular weight excluding hydrogens is 604 g/mol. The van der Waals surface area contributed by atoms with Crippen LogP contribution in [0, 0.1) is 56.2 Å². The average Bonchev–Trinajstić information content (AvgIpc) is 3.03. The average molecular weight is 669 g/mol. The molecule has 0 saturated heterocycles. The molecule has 5 rings (SSSR count). The van der Waals surface area contributed by atoms with Gasteiger partial charge in [0.1, 0.15) is 6.10 Å². The van der Waals surface area contributed by atoms with Gasteiger partial charge in [0, 0.05) is 23.3 Å². The first kappa shape index (κ1) is 37.5. The van der Waals surface area contributed by atoms with E-state index in [1.807, 2.05) is 19.9 Å². The molecular formula is C41H64O7. The molecule has 5 aliphatic carbocycles. The van der Waals surface area contributed by atoms with E-state index >= 15 is 0 Å². The summed E-state index contributed by atoms with van der Waals surface area (Å²) in [5.41, 5.74) is -0.419. The normalized spacial score (nSPS) is 47.1. The summed E-state index contributed by atoms with van der Waals surface area (Å²) in [6, 6.07) is 0. The van der Waals surface area contributed by atoms with E-state index in [9.17, 15) is 30.0 Å². The van der Waals surface area contributed by atoms with Crippen molar-refractivity contribution >= 4 is 11.8 Å². The molecule has 0 aromatic carbocycles. The number of fused-ring (bicyclic) bond motifs is 7. The van der Waals surface area contributed by atoms with Crippen LogP contribution < -0.4 is 0 Å². The third-order valence-electron chi connectivity index (χ3n) is 16.1. The molecule has 0 aliphatic heterocycles. The zero-order chi connectivity index (χ0) is 35.8. The first-order valence-electron chi connectivity index (χ1n) is 18.6. The quantitative estimate of drug-likeness (QED) is 0.135. The third kappa shape index (κ3) is 5.02. The number of ether oxygens (including phenoxy) is 1. The maximum atomic E-state index is 13.6. The molecule has 270 valence electrons. The fourth-order valence-corrected chi connectivity index (χ4v) is 12.4. The highest BCUT2D eigenvalue weighted by Gasteiger charge is 2.73. The number of aliphatic hydroxyl groups is 4. The molecule has 0 spiro atoms. The summed E-state index contributed by atoms with van der Waals surface area (Å²) >= 11 is 0. The second-order valence-electron chi connectivity index (χ2n) is 18.3. The Kier molecular flexibility index (Phi) is 9.72. The van der Waals surface area contributed by atoms with Crippen LogP contribution in [0.25, 0.3) is 0 Å². The van der Waals surface area contributed by atoms with E-state index in [4.69, 9.17) is 4.74 Å². The lowest BCUT2D eigenvalue weighted by Crippen LogP contribution is -2.71. The molecule has 0 radical (unpaired) electrons. The zero-order valence-corrected chi connectivity index (χ0v) is 31.4. The summed E-state index contributed by atoms with van der Waals surface area (Å²) in [4.78, 5) is 27.1. The monoisotopic (exact) mass is 668 g/mol. The highest BCUT2D eigenvalue weighted by molar-refractivity contribution is 5.95. The van der Waals surface area contributed by atoms with Gasteiger partial charge in [-0.1, -0.05) is 65.3 Å². The molecule has 0 amide bonds. The number of ketones is 1. The zero-order valence-electron chi connectivity index (χ0n) is 31.4.